The van der Waals surface area contributed by atoms with Crippen LogP contribution >= 0.6 is 11.3 Å². The van der Waals surface area contributed by atoms with E-state index in [0.29, 0.717) is 16.6 Å². The standard InChI is InChI=1S/C19H30N6O2S/c1-3-8-15-13-17(27)25-18(21-15)28-19(22-25)23(2)14-16(26)20-9-7-12-24-10-5-4-6-11-24/h13H,3-12,14H2,1-2H3,(H,20,26). The Bertz CT molecular complexity index is 843. The number of nitrogens with one attached hydrogen (secondary N) is 1. The summed E-state index contributed by atoms with van der Waals surface area (Å²) in [5, 5.41) is 7.92. The van der Waals surface area contributed by atoms with Gasteiger partial charge in [0.05, 0.1) is 6.54 Å². The number of hydrogen-bond acceptors (Lipinski definition) is 7. The highest BCUT2D eigenvalue weighted by Crippen LogP contribution is 2.20. The predicted molar refractivity (Wildman–Crippen MR) is 112 cm³/mol. The molecule has 154 valence electrons. The molecule has 0 bridgehead atoms. The molecule has 2 aromatic heterocycles. The Morgan fingerprint density at radius 3 is 2.86 bits per heavy atom. The molecule has 0 aliphatic carbocycles. The van der Waals surface area contributed by atoms with E-state index >= 15 is 0 Å². The molecule has 0 spiro atoms. The summed E-state index contributed by atoms with van der Waals surface area (Å²) in [6, 6.07) is 1.54. The average molecular weight is 407 g/mol. The molecule has 8 nitrogen and oxygen atoms in total. The third kappa shape index (κ3) is 5.51. The van der Waals surface area contributed by atoms with Crippen molar-refractivity contribution in [2.45, 2.75) is 45.4 Å². The number of fused-ring (bicyclic) bond motifs is 1. The number of carbonyl (C=O) groups excluding carboxylic acids is 1. The first-order valence-corrected chi connectivity index (χ1v) is 11.0. The first kappa shape index (κ1) is 20.7. The van der Waals surface area contributed by atoms with Gasteiger partial charge in [-0.25, -0.2) is 4.98 Å². The molecule has 1 saturated heterocycles. The van der Waals surface area contributed by atoms with Gasteiger partial charge in [-0.2, -0.15) is 4.52 Å². The van der Waals surface area contributed by atoms with Gasteiger partial charge in [-0.05, 0) is 45.3 Å². The Balaban J connectivity index is 1.49. The van der Waals surface area contributed by atoms with Crippen LogP contribution in [0.4, 0.5) is 5.13 Å². The van der Waals surface area contributed by atoms with Crippen LogP contribution in [-0.4, -0.2) is 65.2 Å². The second-order valence-corrected chi connectivity index (χ2v) is 8.31. The molecule has 0 saturated carbocycles. The molecule has 3 heterocycles. The zero-order valence-electron chi connectivity index (χ0n) is 16.8. The smallest absolute Gasteiger partial charge is 0.275 e. The van der Waals surface area contributed by atoms with Crippen molar-refractivity contribution >= 4 is 27.3 Å². The number of anilines is 1. The second-order valence-electron chi connectivity index (χ2n) is 7.38. The predicted octanol–water partition coefficient (Wildman–Crippen LogP) is 1.53. The molecule has 0 aromatic carbocycles. The van der Waals surface area contributed by atoms with E-state index < -0.39 is 0 Å². The topological polar surface area (TPSA) is 82.8 Å². The van der Waals surface area contributed by atoms with Crippen LogP contribution in [0.2, 0.25) is 0 Å². The summed E-state index contributed by atoms with van der Waals surface area (Å²) in [6.07, 6.45) is 6.60. The number of hydrogen-bond donors (Lipinski definition) is 1. The quantitative estimate of drug-likeness (QED) is 0.636. The van der Waals surface area contributed by atoms with Crippen LogP contribution in [0.25, 0.3) is 4.96 Å². The number of amides is 1. The van der Waals surface area contributed by atoms with Crippen molar-refractivity contribution in [2.75, 3.05) is 44.7 Å². The summed E-state index contributed by atoms with van der Waals surface area (Å²) in [4.78, 5) is 33.7. The molecule has 1 aliphatic rings. The molecular weight excluding hydrogens is 376 g/mol. The van der Waals surface area contributed by atoms with Crippen molar-refractivity contribution in [2.24, 2.45) is 0 Å². The van der Waals surface area contributed by atoms with Crippen molar-refractivity contribution in [1.82, 2.24) is 24.8 Å². The van der Waals surface area contributed by atoms with Crippen LogP contribution in [0.1, 0.15) is 44.7 Å². The zero-order chi connectivity index (χ0) is 19.9. The van der Waals surface area contributed by atoms with E-state index in [1.54, 1.807) is 4.90 Å². The van der Waals surface area contributed by atoms with Gasteiger partial charge in [0.15, 0.2) is 0 Å². The number of aryl methyl sites for hydroxylation is 1. The van der Waals surface area contributed by atoms with Gasteiger partial charge in [0.2, 0.25) is 16.0 Å². The van der Waals surface area contributed by atoms with E-state index in [1.807, 2.05) is 7.05 Å². The van der Waals surface area contributed by atoms with Gasteiger partial charge in [0.25, 0.3) is 5.56 Å². The van der Waals surface area contributed by atoms with Gasteiger partial charge < -0.3 is 15.1 Å². The maximum atomic E-state index is 12.2. The monoisotopic (exact) mass is 406 g/mol. The largest absolute Gasteiger partial charge is 0.355 e. The molecule has 0 radical (unpaired) electrons. The number of rotatable bonds is 9. The third-order valence-corrected chi connectivity index (χ3v) is 5.95. The lowest BCUT2D eigenvalue weighted by molar-refractivity contribution is -0.119. The van der Waals surface area contributed by atoms with Gasteiger partial charge >= 0.3 is 0 Å². The van der Waals surface area contributed by atoms with Gasteiger partial charge in [-0.15, -0.1) is 5.10 Å². The van der Waals surface area contributed by atoms with E-state index in [9.17, 15) is 9.59 Å². The van der Waals surface area contributed by atoms with E-state index in [-0.39, 0.29) is 18.0 Å². The maximum Gasteiger partial charge on any atom is 0.275 e. The van der Waals surface area contributed by atoms with Crippen LogP contribution in [0, 0.1) is 0 Å². The Morgan fingerprint density at radius 2 is 2.11 bits per heavy atom. The van der Waals surface area contributed by atoms with Crippen molar-refractivity contribution in [3.63, 3.8) is 0 Å². The highest BCUT2D eigenvalue weighted by Gasteiger charge is 2.15. The normalized spacial score (nSPS) is 15.1. The molecule has 9 heteroatoms. The summed E-state index contributed by atoms with van der Waals surface area (Å²) in [6.45, 7) is 6.36. The SMILES string of the molecule is CCCc1cc(=O)n2nc(N(C)CC(=O)NCCCN3CCCCC3)sc2n1. The Labute approximate surface area is 169 Å². The van der Waals surface area contributed by atoms with Crippen molar-refractivity contribution in [3.8, 4) is 0 Å². The van der Waals surface area contributed by atoms with Gasteiger partial charge in [0.1, 0.15) is 0 Å². The van der Waals surface area contributed by atoms with Gasteiger partial charge in [-0.1, -0.05) is 31.1 Å². The fourth-order valence-corrected chi connectivity index (χ4v) is 4.32. The summed E-state index contributed by atoms with van der Waals surface area (Å²) in [5.41, 5.74) is 0.614. The first-order chi connectivity index (χ1) is 13.6. The molecule has 1 N–H and O–H groups in total. The van der Waals surface area contributed by atoms with Crippen molar-refractivity contribution in [1.29, 1.82) is 0 Å². The summed E-state index contributed by atoms with van der Waals surface area (Å²) < 4.78 is 1.31. The second kappa shape index (κ2) is 9.97. The minimum Gasteiger partial charge on any atom is -0.355 e. The van der Waals surface area contributed by atoms with E-state index in [0.717, 1.165) is 31.5 Å². The van der Waals surface area contributed by atoms with Crippen molar-refractivity contribution < 1.29 is 4.79 Å². The number of likely N-dealkylation sites (N-methyl/N-ethyl adjacent to an activating group) is 1. The van der Waals surface area contributed by atoms with Gasteiger partial charge in [-0.3, -0.25) is 9.59 Å². The molecular formula is C19H30N6O2S. The van der Waals surface area contributed by atoms with E-state index in [4.69, 9.17) is 0 Å². The lowest BCUT2D eigenvalue weighted by atomic mass is 10.1. The average Bonchev–Trinajstić information content (AvgIpc) is 3.11. The summed E-state index contributed by atoms with van der Waals surface area (Å²) >= 11 is 1.33. The van der Waals surface area contributed by atoms with Crippen LogP contribution in [0.15, 0.2) is 10.9 Å². The molecule has 1 fully saturated rings. The van der Waals surface area contributed by atoms with E-state index in [2.05, 4.69) is 27.2 Å². The minimum absolute atomic E-state index is 0.0348. The maximum absolute atomic E-state index is 12.2. The third-order valence-electron chi connectivity index (χ3n) is 4.92. The Kier molecular flexibility index (Phi) is 7.38. The molecule has 28 heavy (non-hydrogen) atoms. The number of nitrogens with zero attached hydrogens (tertiary/aromatic N) is 5. The molecule has 1 aliphatic heterocycles. The zero-order valence-corrected chi connectivity index (χ0v) is 17.6. The number of carbonyl (C=O) groups is 1. The molecule has 3 rings (SSSR count). The summed E-state index contributed by atoms with van der Waals surface area (Å²) in [5.74, 6) is -0.0348. The minimum atomic E-state index is -0.175. The molecule has 1 amide bonds. The number of likely N-dealkylation sites (tertiary alicyclic amines) is 1. The molecule has 2 aromatic rings. The van der Waals surface area contributed by atoms with Crippen molar-refractivity contribution in [3.05, 3.63) is 22.1 Å². The van der Waals surface area contributed by atoms with Gasteiger partial charge in [0, 0.05) is 25.4 Å². The summed E-state index contributed by atoms with van der Waals surface area (Å²) in [7, 11) is 1.81. The number of piperidine rings is 1. The number of aromatic nitrogens is 3. The van der Waals surface area contributed by atoms with Crippen LogP contribution in [0.5, 0.6) is 0 Å². The first-order valence-electron chi connectivity index (χ1n) is 10.2. The highest BCUT2D eigenvalue weighted by atomic mass is 32.1. The van der Waals surface area contributed by atoms with Crippen LogP contribution in [0.3, 0.4) is 0 Å². The molecule has 0 atom stereocenters. The fraction of sp³-hybridized carbons (Fsp3) is 0.684. The Morgan fingerprint density at radius 1 is 1.32 bits per heavy atom. The Hall–Kier alpha value is -2.00. The molecule has 0 unspecified atom stereocenters. The van der Waals surface area contributed by atoms with Crippen LogP contribution in [-0.2, 0) is 11.2 Å². The fourth-order valence-electron chi connectivity index (χ4n) is 3.44. The lowest BCUT2D eigenvalue weighted by Gasteiger charge is -2.26. The van der Waals surface area contributed by atoms with E-state index in [1.165, 1.54) is 54.3 Å². The highest BCUT2D eigenvalue weighted by molar-refractivity contribution is 7.20. The lowest BCUT2D eigenvalue weighted by Crippen LogP contribution is -2.37. The van der Waals surface area contributed by atoms with Crippen LogP contribution < -0.4 is 15.8 Å².